The summed E-state index contributed by atoms with van der Waals surface area (Å²) in [5, 5.41) is 3.97. The highest BCUT2D eigenvalue weighted by atomic mass is 19.1. The second-order valence-corrected chi connectivity index (χ2v) is 8.56. The fraction of sp³-hybridized carbons (Fsp3) is 0.207. The van der Waals surface area contributed by atoms with Gasteiger partial charge in [-0.2, -0.15) is 0 Å². The molecule has 0 bridgehead atoms. The van der Waals surface area contributed by atoms with E-state index in [0.29, 0.717) is 39.5 Å². The number of nitrogens with two attached hydrogens (primary N) is 1. The lowest BCUT2D eigenvalue weighted by atomic mass is 9.89. The summed E-state index contributed by atoms with van der Waals surface area (Å²) in [5.41, 5.74) is 11.9. The number of amides is 1. The summed E-state index contributed by atoms with van der Waals surface area (Å²) in [5.74, 6) is 0.239. The first-order chi connectivity index (χ1) is 16.3. The molecule has 3 aromatic rings. The van der Waals surface area contributed by atoms with Gasteiger partial charge in [0.1, 0.15) is 5.82 Å². The number of nitrogens with one attached hydrogen (secondary N) is 1. The van der Waals surface area contributed by atoms with Crippen LogP contribution in [0.1, 0.15) is 41.3 Å². The van der Waals surface area contributed by atoms with E-state index in [0.717, 1.165) is 23.0 Å². The van der Waals surface area contributed by atoms with Crippen LogP contribution in [0.2, 0.25) is 0 Å². The van der Waals surface area contributed by atoms with Gasteiger partial charge in [0.05, 0.1) is 0 Å². The molecule has 176 valence electrons. The third-order valence-electron chi connectivity index (χ3n) is 6.00. The first-order valence-corrected chi connectivity index (χ1v) is 11.2. The van der Waals surface area contributed by atoms with Crippen LogP contribution in [0, 0.1) is 11.7 Å². The number of nitrogens with zero attached hydrogens (tertiary/aromatic N) is 1. The molecule has 0 saturated heterocycles. The Labute approximate surface area is 201 Å². The predicted octanol–water partition coefficient (Wildman–Crippen LogP) is 6.22. The zero-order valence-corrected chi connectivity index (χ0v) is 20.0. The predicted molar refractivity (Wildman–Crippen MR) is 141 cm³/mol. The van der Waals surface area contributed by atoms with Crippen LogP contribution in [0.15, 0.2) is 86.2 Å². The number of aromatic nitrogens is 1. The van der Waals surface area contributed by atoms with E-state index >= 15 is 0 Å². The second kappa shape index (κ2) is 10.4. The number of benzene rings is 2. The Morgan fingerprint density at radius 2 is 1.82 bits per heavy atom. The lowest BCUT2D eigenvalue weighted by molar-refractivity contribution is 0.0952. The molecule has 0 aliphatic heterocycles. The molecule has 1 aromatic heterocycles. The van der Waals surface area contributed by atoms with Gasteiger partial charge in [-0.05, 0) is 66.7 Å². The zero-order valence-electron chi connectivity index (χ0n) is 20.0. The SMILES string of the molecule is C=C.C=C(/C(C(=C)c1cn(C)c2cc(C(=O)NCC3CC3)ccc12)=C(/C)N)c1cccc(F)c1. The van der Waals surface area contributed by atoms with Gasteiger partial charge in [0.15, 0.2) is 0 Å². The van der Waals surface area contributed by atoms with Crippen LogP contribution >= 0.6 is 0 Å². The Kier molecular flexibility index (Phi) is 7.57. The number of halogens is 1. The van der Waals surface area contributed by atoms with E-state index in [-0.39, 0.29) is 11.7 Å². The summed E-state index contributed by atoms with van der Waals surface area (Å²) in [6.45, 7) is 17.0. The zero-order chi connectivity index (χ0) is 25.0. The van der Waals surface area contributed by atoms with Crippen LogP contribution in [0.25, 0.3) is 22.0 Å². The lowest BCUT2D eigenvalue weighted by Gasteiger charge is -2.16. The van der Waals surface area contributed by atoms with E-state index in [1.807, 2.05) is 36.0 Å². The molecule has 4 rings (SSSR count). The van der Waals surface area contributed by atoms with Crippen LogP contribution < -0.4 is 11.1 Å². The van der Waals surface area contributed by atoms with Crippen molar-refractivity contribution in [3.8, 4) is 0 Å². The minimum atomic E-state index is -0.332. The highest BCUT2D eigenvalue weighted by Crippen LogP contribution is 2.37. The van der Waals surface area contributed by atoms with Crippen molar-refractivity contribution in [2.24, 2.45) is 18.7 Å². The third kappa shape index (κ3) is 5.20. The quantitative estimate of drug-likeness (QED) is 0.327. The standard InChI is InChI=1S/C27H28FN3O.C2H4/c1-16(20-6-5-7-22(28)12-20)26(18(3)29)17(2)24-15-31(4)25-13-21(10-11-23(24)25)27(32)30-14-19-8-9-19;1-2/h5-7,10-13,15,19H,1-2,8-9,14,29H2,3-4H3,(H,30,32);1-2H2/b26-18+;. The fourth-order valence-corrected chi connectivity index (χ4v) is 4.04. The van der Waals surface area contributed by atoms with Gasteiger partial charge in [-0.3, -0.25) is 4.79 Å². The molecule has 1 aliphatic carbocycles. The molecule has 1 amide bonds. The van der Waals surface area contributed by atoms with Crippen molar-refractivity contribution in [2.45, 2.75) is 19.8 Å². The van der Waals surface area contributed by atoms with Gasteiger partial charge >= 0.3 is 0 Å². The van der Waals surface area contributed by atoms with Gasteiger partial charge in [-0.15, -0.1) is 13.2 Å². The molecule has 1 saturated carbocycles. The maximum Gasteiger partial charge on any atom is 0.251 e. The van der Waals surface area contributed by atoms with Crippen LogP contribution in [0.3, 0.4) is 0 Å². The minimum absolute atomic E-state index is 0.0572. The molecular formula is C29H32FN3O. The van der Waals surface area contributed by atoms with Gasteiger partial charge in [0.25, 0.3) is 5.91 Å². The summed E-state index contributed by atoms with van der Waals surface area (Å²) in [4.78, 5) is 12.5. The number of rotatable bonds is 7. The smallest absolute Gasteiger partial charge is 0.251 e. The van der Waals surface area contributed by atoms with Crippen LogP contribution in [-0.2, 0) is 7.05 Å². The van der Waals surface area contributed by atoms with Gasteiger partial charge in [0.2, 0.25) is 0 Å². The van der Waals surface area contributed by atoms with Gasteiger partial charge in [-0.25, -0.2) is 4.39 Å². The molecular weight excluding hydrogens is 425 g/mol. The fourth-order valence-electron chi connectivity index (χ4n) is 4.04. The molecule has 0 spiro atoms. The van der Waals surface area contributed by atoms with Crippen molar-refractivity contribution in [3.05, 3.63) is 109 Å². The number of hydrogen-bond acceptors (Lipinski definition) is 2. The molecule has 0 radical (unpaired) electrons. The highest BCUT2D eigenvalue weighted by molar-refractivity contribution is 6.06. The third-order valence-corrected chi connectivity index (χ3v) is 6.00. The van der Waals surface area contributed by atoms with Crippen molar-refractivity contribution in [1.82, 2.24) is 9.88 Å². The van der Waals surface area contributed by atoms with E-state index in [9.17, 15) is 9.18 Å². The second-order valence-electron chi connectivity index (χ2n) is 8.56. The molecule has 2 aromatic carbocycles. The molecule has 4 nitrogen and oxygen atoms in total. The van der Waals surface area contributed by atoms with Crippen molar-refractivity contribution in [3.63, 3.8) is 0 Å². The summed E-state index contributed by atoms with van der Waals surface area (Å²) in [6.07, 6.45) is 4.36. The number of carbonyl (C=O) groups is 1. The Bertz CT molecular complexity index is 1290. The molecule has 5 heteroatoms. The summed E-state index contributed by atoms with van der Waals surface area (Å²) < 4.78 is 15.8. The Morgan fingerprint density at radius 1 is 1.12 bits per heavy atom. The van der Waals surface area contributed by atoms with E-state index < -0.39 is 0 Å². The maximum absolute atomic E-state index is 13.8. The molecule has 1 fully saturated rings. The van der Waals surface area contributed by atoms with E-state index in [1.54, 1.807) is 19.1 Å². The average molecular weight is 458 g/mol. The molecule has 3 N–H and O–H groups in total. The number of fused-ring (bicyclic) bond motifs is 1. The largest absolute Gasteiger partial charge is 0.402 e. The first kappa shape index (κ1) is 24.8. The monoisotopic (exact) mass is 457 g/mol. The van der Waals surface area contributed by atoms with Crippen molar-refractivity contribution in [2.75, 3.05) is 6.54 Å². The Hall–Kier alpha value is -3.86. The van der Waals surface area contributed by atoms with Gasteiger partial charge < -0.3 is 15.6 Å². The minimum Gasteiger partial charge on any atom is -0.402 e. The van der Waals surface area contributed by atoms with Crippen molar-refractivity contribution < 1.29 is 9.18 Å². The number of carbonyl (C=O) groups excluding carboxylic acids is 1. The van der Waals surface area contributed by atoms with Gasteiger partial charge in [-0.1, -0.05) is 31.4 Å². The summed E-state index contributed by atoms with van der Waals surface area (Å²) >= 11 is 0. The molecule has 1 heterocycles. The molecule has 0 atom stereocenters. The average Bonchev–Trinajstić information content (AvgIpc) is 3.60. The van der Waals surface area contributed by atoms with Crippen LogP contribution in [0.5, 0.6) is 0 Å². The highest BCUT2D eigenvalue weighted by Gasteiger charge is 2.22. The van der Waals surface area contributed by atoms with E-state index in [4.69, 9.17) is 5.73 Å². The van der Waals surface area contributed by atoms with E-state index in [1.165, 1.54) is 25.0 Å². The maximum atomic E-state index is 13.8. The number of aryl methyl sites for hydroxylation is 1. The molecule has 34 heavy (non-hydrogen) atoms. The first-order valence-electron chi connectivity index (χ1n) is 11.2. The Morgan fingerprint density at radius 3 is 2.44 bits per heavy atom. The molecule has 1 aliphatic rings. The normalized spacial score (nSPS) is 13.5. The van der Waals surface area contributed by atoms with Gasteiger partial charge in [0, 0.05) is 53.1 Å². The lowest BCUT2D eigenvalue weighted by Crippen LogP contribution is -2.25. The summed E-state index contributed by atoms with van der Waals surface area (Å²) in [6, 6.07) is 12.0. The molecule has 0 unspecified atom stereocenters. The topological polar surface area (TPSA) is 60.0 Å². The van der Waals surface area contributed by atoms with E-state index in [2.05, 4.69) is 31.6 Å². The van der Waals surface area contributed by atoms with Crippen molar-refractivity contribution in [1.29, 1.82) is 0 Å². The number of hydrogen-bond donors (Lipinski definition) is 2. The van der Waals surface area contributed by atoms with Crippen LogP contribution in [-0.4, -0.2) is 17.0 Å². The Balaban J connectivity index is 0.00000158. The summed E-state index contributed by atoms with van der Waals surface area (Å²) in [7, 11) is 1.94. The van der Waals surface area contributed by atoms with Crippen LogP contribution in [0.4, 0.5) is 4.39 Å². The van der Waals surface area contributed by atoms with Crippen molar-refractivity contribution >= 4 is 28.0 Å². The number of allylic oxidation sites excluding steroid dienone is 4.